The Bertz CT molecular complexity index is 1040. The van der Waals surface area contributed by atoms with Crippen molar-refractivity contribution in [1.82, 2.24) is 14.8 Å². The van der Waals surface area contributed by atoms with Crippen molar-refractivity contribution in [1.29, 1.82) is 0 Å². The lowest BCUT2D eigenvalue weighted by molar-refractivity contribution is -0.143. The minimum Gasteiger partial charge on any atom is -0.481 e. The minimum absolute atomic E-state index is 0.0835. The van der Waals surface area contributed by atoms with Gasteiger partial charge in [-0.05, 0) is 55.5 Å². The van der Waals surface area contributed by atoms with Crippen molar-refractivity contribution in [3.8, 4) is 11.5 Å². The number of hydrogen-bond acceptors (Lipinski definition) is 6. The molecule has 2 aliphatic heterocycles. The molecule has 0 unspecified atom stereocenters. The van der Waals surface area contributed by atoms with Gasteiger partial charge in [0.05, 0.1) is 12.5 Å². The topological polar surface area (TPSA) is 92.2 Å². The number of carbonyl (C=O) groups is 2. The molecule has 4 rings (SSSR count). The van der Waals surface area contributed by atoms with Gasteiger partial charge in [-0.25, -0.2) is 0 Å². The number of fused-ring (bicyclic) bond motifs is 1. The Morgan fingerprint density at radius 1 is 1.08 bits per heavy atom. The molecule has 1 aromatic heterocycles. The minimum atomic E-state index is -0.836. The van der Waals surface area contributed by atoms with Crippen molar-refractivity contribution in [3.05, 3.63) is 53.9 Å². The van der Waals surface area contributed by atoms with Crippen LogP contribution in [0.15, 0.2) is 42.6 Å². The Hall–Kier alpha value is -3.13. The molecule has 3 heterocycles. The number of carboxylic acids is 1. The van der Waals surface area contributed by atoms with Crippen LogP contribution in [-0.2, 0) is 16.0 Å². The van der Waals surface area contributed by atoms with Gasteiger partial charge in [-0.2, -0.15) is 0 Å². The fourth-order valence-corrected chi connectivity index (χ4v) is 5.51. The zero-order valence-corrected chi connectivity index (χ0v) is 22.0. The summed E-state index contributed by atoms with van der Waals surface area (Å²) >= 11 is 0. The van der Waals surface area contributed by atoms with E-state index < -0.39 is 11.9 Å². The van der Waals surface area contributed by atoms with Crippen LogP contribution in [-0.4, -0.2) is 70.8 Å². The molecule has 200 valence electrons. The molecule has 1 fully saturated rings. The number of nitrogens with zero attached hydrogens (tertiary/aromatic N) is 3. The molecule has 0 radical (unpaired) electrons. The van der Waals surface area contributed by atoms with Crippen LogP contribution in [0.3, 0.4) is 0 Å². The van der Waals surface area contributed by atoms with Gasteiger partial charge in [0.1, 0.15) is 0 Å². The van der Waals surface area contributed by atoms with Crippen LogP contribution in [0.5, 0.6) is 11.5 Å². The lowest BCUT2D eigenvalue weighted by Gasteiger charge is -2.29. The molecular weight excluding hydrogens is 470 g/mol. The normalized spacial score (nSPS) is 20.8. The molecule has 1 amide bonds. The van der Waals surface area contributed by atoms with E-state index in [0.29, 0.717) is 30.9 Å². The number of carbonyl (C=O) groups excluding carboxylic acids is 1. The summed E-state index contributed by atoms with van der Waals surface area (Å²) in [5.41, 5.74) is 1.83. The number of unbranched alkanes of at least 4 members (excludes halogenated alkanes) is 2. The van der Waals surface area contributed by atoms with E-state index in [0.717, 1.165) is 50.0 Å². The van der Waals surface area contributed by atoms with E-state index >= 15 is 0 Å². The second-order valence-corrected chi connectivity index (χ2v) is 10.0. The maximum atomic E-state index is 13.5. The first-order valence-electron chi connectivity index (χ1n) is 13.6. The van der Waals surface area contributed by atoms with E-state index in [1.807, 2.05) is 41.3 Å². The predicted molar refractivity (Wildman–Crippen MR) is 141 cm³/mol. The molecule has 1 aromatic carbocycles. The lowest BCUT2D eigenvalue weighted by atomic mass is 9.83. The number of ether oxygens (including phenoxy) is 2. The summed E-state index contributed by atoms with van der Waals surface area (Å²) in [6.45, 7) is 6.65. The van der Waals surface area contributed by atoms with Crippen molar-refractivity contribution < 1.29 is 24.2 Å². The van der Waals surface area contributed by atoms with Gasteiger partial charge >= 0.3 is 5.97 Å². The Morgan fingerprint density at radius 2 is 1.84 bits per heavy atom. The van der Waals surface area contributed by atoms with Gasteiger partial charge in [0.2, 0.25) is 12.7 Å². The summed E-state index contributed by atoms with van der Waals surface area (Å²) in [7, 11) is 0. The molecule has 2 aliphatic rings. The highest BCUT2D eigenvalue weighted by Gasteiger charge is 2.47. The summed E-state index contributed by atoms with van der Waals surface area (Å²) < 4.78 is 11.0. The quantitative estimate of drug-likeness (QED) is 0.429. The number of benzene rings is 1. The van der Waals surface area contributed by atoms with E-state index in [1.165, 1.54) is 0 Å². The van der Waals surface area contributed by atoms with E-state index in [1.54, 1.807) is 6.20 Å². The Kier molecular flexibility index (Phi) is 9.39. The molecule has 37 heavy (non-hydrogen) atoms. The highest BCUT2D eigenvalue weighted by atomic mass is 16.7. The van der Waals surface area contributed by atoms with Gasteiger partial charge in [-0.1, -0.05) is 38.8 Å². The number of likely N-dealkylation sites (tertiary alicyclic amines) is 1. The Balaban J connectivity index is 1.59. The molecule has 0 aliphatic carbocycles. The van der Waals surface area contributed by atoms with Gasteiger partial charge in [0.25, 0.3) is 0 Å². The molecule has 1 N–H and O–H groups in total. The number of amides is 1. The van der Waals surface area contributed by atoms with Gasteiger partial charge in [0.15, 0.2) is 11.5 Å². The van der Waals surface area contributed by atoms with E-state index in [2.05, 4.69) is 23.7 Å². The van der Waals surface area contributed by atoms with Gasteiger partial charge in [-0.3, -0.25) is 19.5 Å². The Labute approximate surface area is 219 Å². The third-order valence-corrected chi connectivity index (χ3v) is 7.53. The van der Waals surface area contributed by atoms with Gasteiger partial charge < -0.3 is 19.5 Å². The number of carboxylic acid groups (broad SMARTS) is 1. The van der Waals surface area contributed by atoms with Crippen LogP contribution in [0.25, 0.3) is 0 Å². The second kappa shape index (κ2) is 12.9. The molecular formula is C29H39N3O5. The number of rotatable bonds is 13. The largest absolute Gasteiger partial charge is 0.481 e. The van der Waals surface area contributed by atoms with E-state index in [4.69, 9.17) is 9.47 Å². The van der Waals surface area contributed by atoms with Crippen molar-refractivity contribution in [2.75, 3.05) is 33.0 Å². The summed E-state index contributed by atoms with van der Waals surface area (Å²) in [6, 6.07) is 11.2. The average Bonchev–Trinajstić information content (AvgIpc) is 3.52. The van der Waals surface area contributed by atoms with Crippen LogP contribution in [0, 0.1) is 5.92 Å². The maximum absolute atomic E-state index is 13.5. The first-order valence-corrected chi connectivity index (χ1v) is 13.6. The predicted octanol–water partition coefficient (Wildman–Crippen LogP) is 4.34. The van der Waals surface area contributed by atoms with Crippen LogP contribution >= 0.6 is 0 Å². The van der Waals surface area contributed by atoms with E-state index in [9.17, 15) is 14.7 Å². The van der Waals surface area contributed by atoms with Crippen molar-refractivity contribution in [2.45, 2.75) is 64.3 Å². The van der Waals surface area contributed by atoms with Crippen LogP contribution in [0.2, 0.25) is 0 Å². The highest BCUT2D eigenvalue weighted by Crippen LogP contribution is 2.43. The van der Waals surface area contributed by atoms with Crippen LogP contribution in [0.1, 0.15) is 63.1 Å². The van der Waals surface area contributed by atoms with Crippen molar-refractivity contribution in [2.24, 2.45) is 5.92 Å². The number of aliphatic carboxylic acids is 1. The SMILES string of the molecule is CCCCN(CCCC)C(=O)CN1C[C@H](c2ccc3c(c2)OCO3)[C@@H](C(=O)O)[C@@H]1CCc1ccccn1. The molecule has 8 nitrogen and oxygen atoms in total. The first kappa shape index (κ1) is 26.9. The van der Waals surface area contributed by atoms with Crippen molar-refractivity contribution >= 4 is 11.9 Å². The fourth-order valence-electron chi connectivity index (χ4n) is 5.51. The van der Waals surface area contributed by atoms with Gasteiger partial charge in [-0.15, -0.1) is 0 Å². The summed E-state index contributed by atoms with van der Waals surface area (Å²) in [4.78, 5) is 34.7. The molecule has 1 saturated heterocycles. The number of aromatic nitrogens is 1. The van der Waals surface area contributed by atoms with Crippen molar-refractivity contribution in [3.63, 3.8) is 0 Å². The zero-order chi connectivity index (χ0) is 26.2. The Morgan fingerprint density at radius 3 is 2.51 bits per heavy atom. The standard InChI is InChI=1S/C29H39N3O5/c1-3-5-15-31(16-6-4-2)27(33)19-32-18-23(21-10-13-25-26(17-21)37-20-36-25)28(29(34)35)24(32)12-11-22-9-7-8-14-30-22/h7-10,13-14,17,23-24,28H,3-6,11-12,15-16,18-20H2,1-2H3,(H,34,35)/t23-,24+,28-/m1/s1. The molecule has 0 saturated carbocycles. The van der Waals surface area contributed by atoms with Gasteiger partial charge in [0, 0.05) is 43.5 Å². The second-order valence-electron chi connectivity index (χ2n) is 10.0. The molecule has 0 bridgehead atoms. The van der Waals surface area contributed by atoms with Crippen LogP contribution in [0.4, 0.5) is 0 Å². The fraction of sp³-hybridized carbons (Fsp3) is 0.552. The number of hydrogen-bond donors (Lipinski definition) is 1. The molecule has 2 aromatic rings. The monoisotopic (exact) mass is 509 g/mol. The van der Waals surface area contributed by atoms with E-state index in [-0.39, 0.29) is 31.2 Å². The highest BCUT2D eigenvalue weighted by molar-refractivity contribution is 5.79. The molecule has 0 spiro atoms. The zero-order valence-electron chi connectivity index (χ0n) is 22.0. The number of pyridine rings is 1. The molecule has 3 atom stereocenters. The summed E-state index contributed by atoms with van der Waals surface area (Å²) in [5.74, 6) is -0.330. The average molecular weight is 510 g/mol. The molecule has 8 heteroatoms. The smallest absolute Gasteiger partial charge is 0.308 e. The first-order chi connectivity index (χ1) is 18.0. The summed E-state index contributed by atoms with van der Waals surface area (Å²) in [6.07, 6.45) is 7.02. The number of aryl methyl sites for hydroxylation is 1. The third kappa shape index (κ3) is 6.60. The summed E-state index contributed by atoms with van der Waals surface area (Å²) in [5, 5.41) is 10.4. The van der Waals surface area contributed by atoms with Crippen LogP contribution < -0.4 is 9.47 Å². The lowest BCUT2D eigenvalue weighted by Crippen LogP contribution is -2.44. The third-order valence-electron chi connectivity index (χ3n) is 7.53. The maximum Gasteiger partial charge on any atom is 0.308 e.